The number of rotatable bonds is 2. The average Bonchev–Trinajstić information content (AvgIpc) is 2.72. The van der Waals surface area contributed by atoms with Crippen LogP contribution < -0.4 is 5.32 Å². The normalized spacial score (nSPS) is 10.4. The van der Waals surface area contributed by atoms with Crippen LogP contribution in [-0.4, -0.2) is 5.91 Å². The smallest absolute Gasteiger partial charge is 0.291 e. The Morgan fingerprint density at radius 2 is 1.89 bits per heavy atom. The summed E-state index contributed by atoms with van der Waals surface area (Å²) >= 11 is 9.10. The summed E-state index contributed by atoms with van der Waals surface area (Å²) in [4.78, 5) is 11.9. The molecule has 2 rings (SSSR count). The quantitative estimate of drug-likeness (QED) is 0.877. The lowest BCUT2D eigenvalue weighted by molar-refractivity contribution is 0.0997. The number of anilines is 1. The minimum Gasteiger partial charge on any atom is -0.440 e. The van der Waals surface area contributed by atoms with Gasteiger partial charge in [-0.2, -0.15) is 0 Å². The van der Waals surface area contributed by atoms with Gasteiger partial charge in [-0.05, 0) is 60.8 Å². The topological polar surface area (TPSA) is 42.2 Å². The van der Waals surface area contributed by atoms with Gasteiger partial charge in [-0.15, -0.1) is 0 Å². The molecule has 2 aromatic rings. The van der Waals surface area contributed by atoms with E-state index < -0.39 is 0 Å². The fraction of sp³-hybridized carbons (Fsp3) is 0.154. The summed E-state index contributed by atoms with van der Waals surface area (Å²) in [6.45, 7) is 3.94. The van der Waals surface area contributed by atoms with Crippen molar-refractivity contribution >= 4 is 39.1 Å². The van der Waals surface area contributed by atoms with E-state index in [4.69, 9.17) is 16.0 Å². The third-order valence-electron chi connectivity index (χ3n) is 2.49. The number of aryl methyl sites for hydroxylation is 2. The van der Waals surface area contributed by atoms with E-state index in [1.54, 1.807) is 0 Å². The van der Waals surface area contributed by atoms with Gasteiger partial charge in [0.25, 0.3) is 5.91 Å². The Hall–Kier alpha value is -1.26. The van der Waals surface area contributed by atoms with Gasteiger partial charge in [0.05, 0.1) is 0 Å². The van der Waals surface area contributed by atoms with E-state index in [2.05, 4.69) is 21.2 Å². The van der Waals surface area contributed by atoms with Crippen molar-refractivity contribution in [2.24, 2.45) is 0 Å². The minimum absolute atomic E-state index is 0.193. The number of carbonyl (C=O) groups excluding carboxylic acids is 1. The maximum absolute atomic E-state index is 11.9. The fourth-order valence-electron chi connectivity index (χ4n) is 1.65. The van der Waals surface area contributed by atoms with E-state index in [9.17, 15) is 4.79 Å². The van der Waals surface area contributed by atoms with Crippen molar-refractivity contribution in [1.29, 1.82) is 0 Å². The minimum atomic E-state index is -0.317. The highest BCUT2D eigenvalue weighted by molar-refractivity contribution is 9.10. The molecular weight excluding hydrogens is 318 g/mol. The van der Waals surface area contributed by atoms with Crippen molar-refractivity contribution in [3.8, 4) is 0 Å². The highest BCUT2D eigenvalue weighted by atomic mass is 79.9. The van der Waals surface area contributed by atoms with Crippen LogP contribution in [0, 0.1) is 13.8 Å². The molecule has 1 aromatic heterocycles. The molecule has 1 amide bonds. The van der Waals surface area contributed by atoms with Crippen LogP contribution in [0.3, 0.4) is 0 Å². The third kappa shape index (κ3) is 2.76. The van der Waals surface area contributed by atoms with Crippen LogP contribution in [0.2, 0.25) is 5.22 Å². The summed E-state index contributed by atoms with van der Waals surface area (Å²) in [5.41, 5.74) is 2.84. The first-order chi connectivity index (χ1) is 8.47. The van der Waals surface area contributed by atoms with Gasteiger partial charge < -0.3 is 9.73 Å². The molecule has 94 valence electrons. The number of furan rings is 1. The number of hydrogen-bond acceptors (Lipinski definition) is 2. The molecule has 0 saturated carbocycles. The molecule has 5 heteroatoms. The summed E-state index contributed by atoms with van der Waals surface area (Å²) in [6.07, 6.45) is 0. The maximum atomic E-state index is 11.9. The van der Waals surface area contributed by atoms with Crippen molar-refractivity contribution < 1.29 is 9.21 Å². The Bertz CT molecular complexity index is 584. The Balaban J connectivity index is 2.22. The van der Waals surface area contributed by atoms with Gasteiger partial charge in [0, 0.05) is 10.2 Å². The second kappa shape index (κ2) is 5.16. The van der Waals surface area contributed by atoms with Crippen LogP contribution in [0.25, 0.3) is 0 Å². The van der Waals surface area contributed by atoms with Gasteiger partial charge >= 0.3 is 0 Å². The molecule has 0 unspecified atom stereocenters. The largest absolute Gasteiger partial charge is 0.440 e. The summed E-state index contributed by atoms with van der Waals surface area (Å²) in [5.74, 6) is -0.124. The first-order valence-corrected chi connectivity index (χ1v) is 6.48. The Kier molecular flexibility index (Phi) is 3.78. The summed E-state index contributed by atoms with van der Waals surface area (Å²) in [5, 5.41) is 2.97. The number of nitrogens with one attached hydrogen (secondary N) is 1. The number of carbonyl (C=O) groups is 1. The molecule has 18 heavy (non-hydrogen) atoms. The molecule has 0 aliphatic heterocycles. The predicted octanol–water partition coefficient (Wildman–Crippen LogP) is 4.56. The molecule has 0 spiro atoms. The van der Waals surface area contributed by atoms with Crippen LogP contribution in [0.5, 0.6) is 0 Å². The molecule has 1 heterocycles. The molecule has 1 N–H and O–H groups in total. The van der Waals surface area contributed by atoms with Gasteiger partial charge in [-0.25, -0.2) is 0 Å². The van der Waals surface area contributed by atoms with Crippen LogP contribution >= 0.6 is 27.5 Å². The number of halogens is 2. The molecule has 3 nitrogen and oxygen atoms in total. The average molecular weight is 329 g/mol. The molecule has 0 fully saturated rings. The molecule has 0 atom stereocenters. The van der Waals surface area contributed by atoms with E-state index in [0.29, 0.717) is 0 Å². The molecule has 0 aliphatic rings. The molecule has 0 saturated heterocycles. The van der Waals surface area contributed by atoms with E-state index in [-0.39, 0.29) is 16.9 Å². The molecule has 0 aliphatic carbocycles. The van der Waals surface area contributed by atoms with Crippen molar-refractivity contribution in [3.05, 3.63) is 50.8 Å². The van der Waals surface area contributed by atoms with E-state index in [0.717, 1.165) is 21.3 Å². The first-order valence-electron chi connectivity index (χ1n) is 5.31. The van der Waals surface area contributed by atoms with E-state index in [1.807, 2.05) is 26.0 Å². The number of benzene rings is 1. The van der Waals surface area contributed by atoms with Crippen LogP contribution in [-0.2, 0) is 0 Å². The van der Waals surface area contributed by atoms with Crippen molar-refractivity contribution in [2.45, 2.75) is 13.8 Å². The second-order valence-electron chi connectivity index (χ2n) is 3.98. The maximum Gasteiger partial charge on any atom is 0.291 e. The van der Waals surface area contributed by atoms with Gasteiger partial charge in [-0.1, -0.05) is 15.9 Å². The summed E-state index contributed by atoms with van der Waals surface area (Å²) in [6, 6.07) is 6.85. The lowest BCUT2D eigenvalue weighted by atomic mass is 10.1. The molecular formula is C13H11BrClNO2. The first kappa shape index (κ1) is 13.2. The van der Waals surface area contributed by atoms with E-state index >= 15 is 0 Å². The Morgan fingerprint density at radius 3 is 2.39 bits per heavy atom. The standard InChI is InChI=1S/C13H11BrClNO2/c1-7-5-9(6-8(2)12(7)14)16-13(17)10-3-4-11(15)18-10/h3-6H,1-2H3,(H,16,17). The van der Waals surface area contributed by atoms with Crippen LogP contribution in [0.4, 0.5) is 5.69 Å². The van der Waals surface area contributed by atoms with Crippen molar-refractivity contribution in [2.75, 3.05) is 5.32 Å². The molecule has 0 bridgehead atoms. The van der Waals surface area contributed by atoms with E-state index in [1.165, 1.54) is 12.1 Å². The zero-order chi connectivity index (χ0) is 13.3. The molecule has 0 radical (unpaired) electrons. The van der Waals surface area contributed by atoms with Crippen LogP contribution in [0.1, 0.15) is 21.7 Å². The van der Waals surface area contributed by atoms with Crippen molar-refractivity contribution in [3.63, 3.8) is 0 Å². The van der Waals surface area contributed by atoms with Gasteiger partial charge in [0.2, 0.25) is 0 Å². The highest BCUT2D eigenvalue weighted by Crippen LogP contribution is 2.25. The number of hydrogen-bond donors (Lipinski definition) is 1. The predicted molar refractivity (Wildman–Crippen MR) is 75.3 cm³/mol. The van der Waals surface area contributed by atoms with Crippen LogP contribution in [0.15, 0.2) is 33.2 Å². The summed E-state index contributed by atoms with van der Waals surface area (Å²) < 4.78 is 6.09. The highest BCUT2D eigenvalue weighted by Gasteiger charge is 2.11. The monoisotopic (exact) mass is 327 g/mol. The zero-order valence-electron chi connectivity index (χ0n) is 9.88. The molecule has 1 aromatic carbocycles. The summed E-state index contributed by atoms with van der Waals surface area (Å²) in [7, 11) is 0. The lowest BCUT2D eigenvalue weighted by Gasteiger charge is -2.08. The van der Waals surface area contributed by atoms with Crippen molar-refractivity contribution in [1.82, 2.24) is 0 Å². The lowest BCUT2D eigenvalue weighted by Crippen LogP contribution is -2.11. The van der Waals surface area contributed by atoms with Gasteiger partial charge in [0.15, 0.2) is 11.0 Å². The number of amides is 1. The zero-order valence-corrected chi connectivity index (χ0v) is 12.2. The Morgan fingerprint density at radius 1 is 1.28 bits per heavy atom. The fourth-order valence-corrected chi connectivity index (χ4v) is 2.02. The second-order valence-corrected chi connectivity index (χ2v) is 5.15. The SMILES string of the molecule is Cc1cc(NC(=O)c2ccc(Cl)o2)cc(C)c1Br. The Labute approximate surface area is 118 Å². The third-order valence-corrected chi connectivity index (χ3v) is 3.95. The van der Waals surface area contributed by atoms with Gasteiger partial charge in [0.1, 0.15) is 0 Å². The van der Waals surface area contributed by atoms with Gasteiger partial charge in [-0.3, -0.25) is 4.79 Å².